The molecule has 0 aromatic heterocycles. The van der Waals surface area contributed by atoms with Crippen molar-refractivity contribution < 1.29 is 14.4 Å². The minimum Gasteiger partial charge on any atom is -0.314 e. The minimum atomic E-state index is -0.246. The number of Topliss-reactive ketones (excluding diaryl/α,β-unsaturated/α-hetero) is 1. The van der Waals surface area contributed by atoms with Gasteiger partial charge in [0.15, 0.2) is 5.78 Å². The van der Waals surface area contributed by atoms with Crippen LogP contribution in [-0.2, 0) is 20.8 Å². The molecule has 2 aromatic rings. The molecule has 0 atom stereocenters. The molecular weight excluding hydrogens is 314 g/mol. The Balaban J connectivity index is 2.13. The topological polar surface area (TPSA) is 54.5 Å². The van der Waals surface area contributed by atoms with Gasteiger partial charge in [-0.2, -0.15) is 0 Å². The molecule has 0 aliphatic rings. The summed E-state index contributed by atoms with van der Waals surface area (Å²) >= 11 is 0. The maximum Gasteiger partial charge on any atom is 0.214 e. The molecular formula is C21H21NO3. The normalized spacial score (nSPS) is 10.6. The highest BCUT2D eigenvalue weighted by Crippen LogP contribution is 2.21. The number of rotatable bonds is 9. The predicted octanol–water partition coefficient (Wildman–Crippen LogP) is 3.45. The third-order valence-electron chi connectivity index (χ3n) is 3.73. The lowest BCUT2D eigenvalue weighted by atomic mass is 10.1. The SMILES string of the molecule is CC(=O)CC(=O)C=Cc1ccccc1N(C=O)CCc1ccccc1. The first-order valence-electron chi connectivity index (χ1n) is 8.15. The molecule has 0 aliphatic carbocycles. The zero-order chi connectivity index (χ0) is 18.1. The molecule has 0 bridgehead atoms. The summed E-state index contributed by atoms with van der Waals surface area (Å²) in [4.78, 5) is 35.9. The van der Waals surface area contributed by atoms with Gasteiger partial charge in [-0.3, -0.25) is 14.4 Å². The van der Waals surface area contributed by atoms with Crippen LogP contribution in [0.1, 0.15) is 24.5 Å². The Morgan fingerprint density at radius 2 is 1.68 bits per heavy atom. The van der Waals surface area contributed by atoms with Crippen molar-refractivity contribution >= 4 is 29.7 Å². The highest BCUT2D eigenvalue weighted by atomic mass is 16.1. The lowest BCUT2D eigenvalue weighted by Crippen LogP contribution is -2.24. The van der Waals surface area contributed by atoms with Crippen LogP contribution in [0, 0.1) is 0 Å². The molecule has 0 saturated carbocycles. The van der Waals surface area contributed by atoms with E-state index in [1.165, 1.54) is 13.0 Å². The molecule has 4 nitrogen and oxygen atoms in total. The third-order valence-corrected chi connectivity index (χ3v) is 3.73. The average molecular weight is 335 g/mol. The highest BCUT2D eigenvalue weighted by molar-refractivity contribution is 6.05. The predicted molar refractivity (Wildman–Crippen MR) is 99.3 cm³/mol. The van der Waals surface area contributed by atoms with E-state index in [1.54, 1.807) is 11.0 Å². The van der Waals surface area contributed by atoms with Gasteiger partial charge >= 0.3 is 0 Å². The van der Waals surface area contributed by atoms with E-state index in [1.807, 2.05) is 54.6 Å². The largest absolute Gasteiger partial charge is 0.314 e. The molecule has 4 heteroatoms. The summed E-state index contributed by atoms with van der Waals surface area (Å²) in [7, 11) is 0. The molecule has 25 heavy (non-hydrogen) atoms. The number of anilines is 1. The van der Waals surface area contributed by atoms with Gasteiger partial charge in [-0.1, -0.05) is 48.5 Å². The van der Waals surface area contributed by atoms with E-state index >= 15 is 0 Å². The Kier molecular flexibility index (Phi) is 6.84. The summed E-state index contributed by atoms with van der Waals surface area (Å²) < 4.78 is 0. The van der Waals surface area contributed by atoms with Crippen molar-refractivity contribution in [2.75, 3.05) is 11.4 Å². The fourth-order valence-electron chi connectivity index (χ4n) is 2.50. The smallest absolute Gasteiger partial charge is 0.214 e. The number of amides is 1. The number of para-hydroxylation sites is 1. The van der Waals surface area contributed by atoms with Gasteiger partial charge in [0.25, 0.3) is 0 Å². The average Bonchev–Trinajstić information content (AvgIpc) is 2.61. The van der Waals surface area contributed by atoms with Crippen LogP contribution < -0.4 is 4.90 Å². The molecule has 1 amide bonds. The Morgan fingerprint density at radius 1 is 1.00 bits per heavy atom. The van der Waals surface area contributed by atoms with Gasteiger partial charge in [0, 0.05) is 6.54 Å². The standard InChI is InChI=1S/C21H21NO3/c1-17(24)15-20(25)12-11-19-9-5-6-10-21(19)22(16-23)14-13-18-7-3-2-4-8-18/h2-12,16H,13-15H2,1H3. The first kappa shape index (κ1) is 18.3. The Morgan fingerprint density at radius 3 is 2.36 bits per heavy atom. The first-order valence-corrected chi connectivity index (χ1v) is 8.15. The molecule has 128 valence electrons. The van der Waals surface area contributed by atoms with E-state index in [0.717, 1.165) is 29.6 Å². The Hall–Kier alpha value is -3.01. The van der Waals surface area contributed by atoms with Gasteiger partial charge in [-0.15, -0.1) is 0 Å². The second kappa shape index (κ2) is 9.33. The number of allylic oxidation sites excluding steroid dienone is 1. The summed E-state index contributed by atoms with van der Waals surface area (Å²) in [5, 5.41) is 0. The number of benzene rings is 2. The second-order valence-corrected chi connectivity index (χ2v) is 5.77. The zero-order valence-electron chi connectivity index (χ0n) is 14.2. The van der Waals surface area contributed by atoms with E-state index in [-0.39, 0.29) is 18.0 Å². The van der Waals surface area contributed by atoms with E-state index in [2.05, 4.69) is 0 Å². The van der Waals surface area contributed by atoms with Crippen LogP contribution in [0.5, 0.6) is 0 Å². The van der Waals surface area contributed by atoms with Crippen LogP contribution in [0.2, 0.25) is 0 Å². The van der Waals surface area contributed by atoms with Crippen LogP contribution in [0.3, 0.4) is 0 Å². The summed E-state index contributed by atoms with van der Waals surface area (Å²) in [6, 6.07) is 17.3. The molecule has 0 radical (unpaired) electrons. The van der Waals surface area contributed by atoms with E-state index < -0.39 is 0 Å². The van der Waals surface area contributed by atoms with Gasteiger partial charge in [-0.25, -0.2) is 0 Å². The van der Waals surface area contributed by atoms with E-state index in [9.17, 15) is 14.4 Å². The van der Waals surface area contributed by atoms with Gasteiger partial charge in [0.2, 0.25) is 6.41 Å². The molecule has 0 saturated heterocycles. The number of hydrogen-bond donors (Lipinski definition) is 0. The van der Waals surface area contributed by atoms with Crippen LogP contribution in [-0.4, -0.2) is 24.5 Å². The van der Waals surface area contributed by atoms with Crippen molar-refractivity contribution in [1.82, 2.24) is 0 Å². The monoisotopic (exact) mass is 335 g/mol. The van der Waals surface area contributed by atoms with Gasteiger partial charge in [0.1, 0.15) is 5.78 Å². The Bertz CT molecular complexity index is 766. The molecule has 0 spiro atoms. The van der Waals surface area contributed by atoms with Gasteiger partial charge in [-0.05, 0) is 42.7 Å². The van der Waals surface area contributed by atoms with Crippen LogP contribution in [0.15, 0.2) is 60.7 Å². The van der Waals surface area contributed by atoms with Gasteiger partial charge < -0.3 is 4.90 Å². The quantitative estimate of drug-likeness (QED) is 0.401. The Labute approximate surface area is 147 Å². The van der Waals surface area contributed by atoms with Crippen molar-refractivity contribution in [3.05, 3.63) is 71.8 Å². The second-order valence-electron chi connectivity index (χ2n) is 5.77. The van der Waals surface area contributed by atoms with E-state index in [0.29, 0.717) is 6.54 Å². The zero-order valence-corrected chi connectivity index (χ0v) is 14.2. The van der Waals surface area contributed by atoms with Crippen molar-refractivity contribution in [2.24, 2.45) is 0 Å². The maximum absolute atomic E-state index is 11.7. The number of nitrogens with zero attached hydrogens (tertiary/aromatic N) is 1. The summed E-state index contributed by atoms with van der Waals surface area (Å²) in [6.07, 6.45) is 4.47. The van der Waals surface area contributed by atoms with E-state index in [4.69, 9.17) is 0 Å². The van der Waals surface area contributed by atoms with Crippen molar-refractivity contribution in [3.8, 4) is 0 Å². The molecule has 2 rings (SSSR count). The fraction of sp³-hybridized carbons (Fsp3) is 0.190. The highest BCUT2D eigenvalue weighted by Gasteiger charge is 2.09. The number of ketones is 2. The molecule has 0 aliphatic heterocycles. The van der Waals surface area contributed by atoms with Gasteiger partial charge in [0.05, 0.1) is 12.1 Å². The number of carbonyl (C=O) groups is 3. The maximum atomic E-state index is 11.7. The molecule has 0 fully saturated rings. The number of carbonyl (C=O) groups excluding carboxylic acids is 3. The first-order chi connectivity index (χ1) is 12.1. The lowest BCUT2D eigenvalue weighted by molar-refractivity contribution is -0.123. The van der Waals surface area contributed by atoms with Crippen LogP contribution in [0.4, 0.5) is 5.69 Å². The third kappa shape index (κ3) is 5.84. The molecule has 0 N–H and O–H groups in total. The van der Waals surface area contributed by atoms with Crippen molar-refractivity contribution in [2.45, 2.75) is 19.8 Å². The lowest BCUT2D eigenvalue weighted by Gasteiger charge is -2.19. The molecule has 0 heterocycles. The minimum absolute atomic E-state index is 0.107. The summed E-state index contributed by atoms with van der Waals surface area (Å²) in [5.41, 5.74) is 2.65. The molecule has 0 unspecified atom stereocenters. The number of hydrogen-bond acceptors (Lipinski definition) is 3. The van der Waals surface area contributed by atoms with Crippen molar-refractivity contribution in [3.63, 3.8) is 0 Å². The van der Waals surface area contributed by atoms with Crippen LogP contribution >= 0.6 is 0 Å². The summed E-state index contributed by atoms with van der Waals surface area (Å²) in [5.74, 6) is -0.412. The molecule has 2 aromatic carbocycles. The fourth-order valence-corrected chi connectivity index (χ4v) is 2.50. The summed E-state index contributed by atoms with van der Waals surface area (Å²) in [6.45, 7) is 1.93. The van der Waals surface area contributed by atoms with Crippen molar-refractivity contribution in [1.29, 1.82) is 0 Å². The van der Waals surface area contributed by atoms with Crippen LogP contribution in [0.25, 0.3) is 6.08 Å².